The SMILES string of the molecule is O=C(CCNc1ccccc1[N+](=O)[O-])N1CCN(C(=O)c2cccc(Cl)c2Cl)CC1. The Hall–Kier alpha value is -2.84. The molecule has 158 valence electrons. The highest BCUT2D eigenvalue weighted by Gasteiger charge is 2.26. The van der Waals surface area contributed by atoms with Crippen LogP contribution in [0.4, 0.5) is 11.4 Å². The summed E-state index contributed by atoms with van der Waals surface area (Å²) in [6, 6.07) is 11.2. The van der Waals surface area contributed by atoms with Crippen LogP contribution in [-0.4, -0.2) is 59.3 Å². The molecule has 1 aliphatic rings. The second kappa shape index (κ2) is 9.77. The summed E-state index contributed by atoms with van der Waals surface area (Å²) < 4.78 is 0. The molecule has 2 amide bonds. The van der Waals surface area contributed by atoms with Gasteiger partial charge in [0.05, 0.1) is 20.5 Å². The molecule has 1 N–H and O–H groups in total. The number of nitro groups is 1. The number of nitrogens with zero attached hydrogens (tertiary/aromatic N) is 3. The third-order valence-corrected chi connectivity index (χ3v) is 5.68. The summed E-state index contributed by atoms with van der Waals surface area (Å²) in [5, 5.41) is 14.5. The molecule has 2 aromatic rings. The largest absolute Gasteiger partial charge is 0.379 e. The van der Waals surface area contributed by atoms with Crippen molar-refractivity contribution in [1.82, 2.24) is 9.80 Å². The fourth-order valence-corrected chi connectivity index (χ4v) is 3.62. The lowest BCUT2D eigenvalue weighted by atomic mass is 10.1. The topological polar surface area (TPSA) is 95.8 Å². The summed E-state index contributed by atoms with van der Waals surface area (Å²) in [4.78, 5) is 39.0. The van der Waals surface area contributed by atoms with Gasteiger partial charge in [-0.2, -0.15) is 0 Å². The Morgan fingerprint density at radius 1 is 1.00 bits per heavy atom. The first-order valence-corrected chi connectivity index (χ1v) is 10.1. The lowest BCUT2D eigenvalue weighted by Gasteiger charge is -2.35. The molecule has 0 spiro atoms. The van der Waals surface area contributed by atoms with E-state index in [0.717, 1.165) is 0 Å². The predicted octanol–water partition coefficient (Wildman–Crippen LogP) is 3.69. The fourth-order valence-electron chi connectivity index (χ4n) is 3.24. The second-order valence-electron chi connectivity index (χ2n) is 6.73. The van der Waals surface area contributed by atoms with Gasteiger partial charge in [-0.05, 0) is 18.2 Å². The molecule has 1 aliphatic heterocycles. The van der Waals surface area contributed by atoms with Gasteiger partial charge < -0.3 is 15.1 Å². The second-order valence-corrected chi connectivity index (χ2v) is 7.51. The molecule has 0 saturated carbocycles. The molecule has 0 aromatic heterocycles. The standard InChI is InChI=1S/C20H20Cl2N4O4/c21-15-5-3-4-14(19(15)22)20(28)25-12-10-24(11-13-25)18(27)8-9-23-16-6-1-2-7-17(16)26(29)30/h1-7,23H,8-13H2. The number of rotatable bonds is 6. The van der Waals surface area contributed by atoms with Gasteiger partial charge in [-0.25, -0.2) is 0 Å². The number of amides is 2. The number of hydrogen-bond acceptors (Lipinski definition) is 5. The number of piperazine rings is 1. The summed E-state index contributed by atoms with van der Waals surface area (Å²) in [6.45, 7) is 1.89. The molecule has 10 heteroatoms. The van der Waals surface area contributed by atoms with Crippen molar-refractivity contribution in [3.8, 4) is 0 Å². The van der Waals surface area contributed by atoms with Crippen molar-refractivity contribution in [1.29, 1.82) is 0 Å². The van der Waals surface area contributed by atoms with Gasteiger partial charge >= 0.3 is 0 Å². The zero-order valence-electron chi connectivity index (χ0n) is 16.0. The van der Waals surface area contributed by atoms with Crippen LogP contribution < -0.4 is 5.32 Å². The van der Waals surface area contributed by atoms with Crippen LogP contribution in [0.5, 0.6) is 0 Å². The number of carbonyl (C=O) groups is 2. The molecule has 1 fully saturated rings. The first-order chi connectivity index (χ1) is 14.4. The van der Waals surface area contributed by atoms with Crippen molar-refractivity contribution in [3.05, 3.63) is 68.2 Å². The number of anilines is 1. The van der Waals surface area contributed by atoms with Gasteiger partial charge in [0.2, 0.25) is 5.91 Å². The summed E-state index contributed by atoms with van der Waals surface area (Å²) in [6.07, 6.45) is 0.195. The van der Waals surface area contributed by atoms with E-state index in [0.29, 0.717) is 42.5 Å². The van der Waals surface area contributed by atoms with E-state index in [1.54, 1.807) is 46.2 Å². The Bertz CT molecular complexity index is 962. The van der Waals surface area contributed by atoms with Crippen molar-refractivity contribution in [2.75, 3.05) is 38.0 Å². The molecule has 0 unspecified atom stereocenters. The van der Waals surface area contributed by atoms with Crippen molar-refractivity contribution in [2.24, 2.45) is 0 Å². The maximum Gasteiger partial charge on any atom is 0.292 e. The molecular formula is C20H20Cl2N4O4. The number of carbonyl (C=O) groups excluding carboxylic acids is 2. The zero-order chi connectivity index (χ0) is 21.7. The van der Waals surface area contributed by atoms with E-state index in [1.807, 2.05) is 0 Å². The Kier molecular flexibility index (Phi) is 7.12. The highest BCUT2D eigenvalue weighted by atomic mass is 35.5. The van der Waals surface area contributed by atoms with Crippen molar-refractivity contribution in [2.45, 2.75) is 6.42 Å². The van der Waals surface area contributed by atoms with E-state index in [1.165, 1.54) is 6.07 Å². The minimum absolute atomic E-state index is 0.0308. The minimum atomic E-state index is -0.466. The van der Waals surface area contributed by atoms with E-state index in [9.17, 15) is 19.7 Å². The molecular weight excluding hydrogens is 431 g/mol. The average molecular weight is 451 g/mol. The Morgan fingerprint density at radius 3 is 2.37 bits per heavy atom. The van der Waals surface area contributed by atoms with Gasteiger partial charge in [0, 0.05) is 45.2 Å². The molecule has 0 radical (unpaired) electrons. The van der Waals surface area contributed by atoms with Gasteiger partial charge in [-0.15, -0.1) is 0 Å². The minimum Gasteiger partial charge on any atom is -0.379 e. The lowest BCUT2D eigenvalue weighted by molar-refractivity contribution is -0.384. The number of hydrogen-bond donors (Lipinski definition) is 1. The number of nitrogens with one attached hydrogen (secondary N) is 1. The summed E-state index contributed by atoms with van der Waals surface area (Å²) in [5.74, 6) is -0.290. The van der Waals surface area contributed by atoms with Gasteiger partial charge in [0.1, 0.15) is 5.69 Å². The smallest absolute Gasteiger partial charge is 0.292 e. The maximum absolute atomic E-state index is 12.7. The third-order valence-electron chi connectivity index (χ3n) is 4.86. The highest BCUT2D eigenvalue weighted by Crippen LogP contribution is 2.27. The molecule has 8 nitrogen and oxygen atoms in total. The van der Waals surface area contributed by atoms with Crippen LogP contribution in [-0.2, 0) is 4.79 Å². The van der Waals surface area contributed by atoms with Gasteiger partial charge in [-0.3, -0.25) is 19.7 Å². The normalized spacial score (nSPS) is 13.8. The van der Waals surface area contributed by atoms with E-state index in [2.05, 4.69) is 5.32 Å². The van der Waals surface area contributed by atoms with Gasteiger partial charge in [0.25, 0.3) is 11.6 Å². The first-order valence-electron chi connectivity index (χ1n) is 9.37. The van der Waals surface area contributed by atoms with Gasteiger partial charge in [-0.1, -0.05) is 41.4 Å². The third kappa shape index (κ3) is 5.01. The summed E-state index contributed by atoms with van der Waals surface area (Å²) in [5.41, 5.74) is 0.693. The molecule has 1 saturated heterocycles. The van der Waals surface area contributed by atoms with E-state index in [-0.39, 0.29) is 35.5 Å². The van der Waals surface area contributed by atoms with Gasteiger partial charge in [0.15, 0.2) is 0 Å². The van der Waals surface area contributed by atoms with Crippen LogP contribution in [0.15, 0.2) is 42.5 Å². The number of para-hydroxylation sites is 2. The van der Waals surface area contributed by atoms with E-state index in [4.69, 9.17) is 23.2 Å². The Labute approximate surface area is 183 Å². The van der Waals surface area contributed by atoms with E-state index >= 15 is 0 Å². The molecule has 3 rings (SSSR count). The van der Waals surface area contributed by atoms with Crippen molar-refractivity contribution < 1.29 is 14.5 Å². The summed E-state index contributed by atoms with van der Waals surface area (Å²) >= 11 is 12.1. The monoisotopic (exact) mass is 450 g/mol. The van der Waals surface area contributed by atoms with Crippen molar-refractivity contribution >= 4 is 46.4 Å². The lowest BCUT2D eigenvalue weighted by Crippen LogP contribution is -2.50. The molecule has 2 aromatic carbocycles. The average Bonchev–Trinajstić information content (AvgIpc) is 2.75. The quantitative estimate of drug-likeness (QED) is 0.534. The Balaban J connectivity index is 1.49. The van der Waals surface area contributed by atoms with Crippen LogP contribution in [0.2, 0.25) is 10.0 Å². The van der Waals surface area contributed by atoms with E-state index < -0.39 is 4.92 Å². The van der Waals surface area contributed by atoms with Crippen molar-refractivity contribution in [3.63, 3.8) is 0 Å². The summed E-state index contributed by atoms with van der Waals surface area (Å²) in [7, 11) is 0. The predicted molar refractivity (Wildman–Crippen MR) is 115 cm³/mol. The zero-order valence-corrected chi connectivity index (χ0v) is 17.5. The maximum atomic E-state index is 12.7. The number of halogens is 2. The van der Waals surface area contributed by atoms with Crippen LogP contribution in [0.1, 0.15) is 16.8 Å². The Morgan fingerprint density at radius 2 is 1.67 bits per heavy atom. The highest BCUT2D eigenvalue weighted by molar-refractivity contribution is 6.43. The van der Waals surface area contributed by atoms with Crippen LogP contribution in [0, 0.1) is 10.1 Å². The molecule has 1 heterocycles. The van der Waals surface area contributed by atoms with Crippen LogP contribution >= 0.6 is 23.2 Å². The molecule has 0 atom stereocenters. The van der Waals surface area contributed by atoms with Crippen LogP contribution in [0.25, 0.3) is 0 Å². The molecule has 0 aliphatic carbocycles. The number of benzene rings is 2. The fraction of sp³-hybridized carbons (Fsp3) is 0.300. The van der Waals surface area contributed by atoms with Crippen LogP contribution in [0.3, 0.4) is 0 Å². The molecule has 30 heavy (non-hydrogen) atoms. The molecule has 0 bridgehead atoms. The number of nitro benzene ring substituents is 1. The first kappa shape index (κ1) is 21.9.